The van der Waals surface area contributed by atoms with Crippen LogP contribution >= 0.6 is 0 Å². The summed E-state index contributed by atoms with van der Waals surface area (Å²) < 4.78 is 32.4. The highest BCUT2D eigenvalue weighted by Gasteiger charge is 2.22. The Morgan fingerprint density at radius 2 is 1.82 bits per heavy atom. The molecule has 0 saturated carbocycles. The Morgan fingerprint density at radius 1 is 1.11 bits per heavy atom. The number of nitrogens with one attached hydrogen (secondary N) is 1. The van der Waals surface area contributed by atoms with Crippen molar-refractivity contribution in [3.05, 3.63) is 77.5 Å². The van der Waals surface area contributed by atoms with Crippen molar-refractivity contribution >= 4 is 21.6 Å². The number of carbonyl (C=O) groups is 1. The van der Waals surface area contributed by atoms with E-state index in [2.05, 4.69) is 10.3 Å². The van der Waals surface area contributed by atoms with E-state index in [4.69, 9.17) is 4.42 Å². The zero-order valence-electron chi connectivity index (χ0n) is 15.8. The van der Waals surface area contributed by atoms with Crippen LogP contribution in [0.2, 0.25) is 0 Å². The maximum atomic E-state index is 12.9. The summed E-state index contributed by atoms with van der Waals surface area (Å²) in [5, 5.41) is 2.69. The third-order valence-electron chi connectivity index (χ3n) is 4.35. The predicted molar refractivity (Wildman–Crippen MR) is 106 cm³/mol. The molecular formula is C20H21N3O4S. The Balaban J connectivity index is 1.78. The van der Waals surface area contributed by atoms with Crippen LogP contribution < -0.4 is 9.62 Å². The second-order valence-corrected chi connectivity index (χ2v) is 8.24. The van der Waals surface area contributed by atoms with Crippen LogP contribution in [-0.4, -0.2) is 26.4 Å². The number of benzene rings is 2. The van der Waals surface area contributed by atoms with Gasteiger partial charge in [0.25, 0.3) is 15.9 Å². The molecule has 146 valence electrons. The number of carbonyl (C=O) groups excluding carboxylic acids is 1. The molecule has 0 radical (unpaired) electrons. The molecule has 1 N–H and O–H groups in total. The average Bonchev–Trinajstić information content (AvgIpc) is 3.03. The number of sulfonamides is 1. The summed E-state index contributed by atoms with van der Waals surface area (Å²) in [5.74, 6) is 0.685. The molecule has 3 aromatic rings. The fraction of sp³-hybridized carbons (Fsp3) is 0.200. The molecule has 0 spiro atoms. The standard InChI is InChI=1S/C20H21N3O4S/c1-14-15(2)27-19(22-14)13-21-20(24)16-8-7-11-18(12-16)28(25,26)23(3)17-9-5-4-6-10-17/h4-12H,13H2,1-3H3,(H,21,24). The lowest BCUT2D eigenvalue weighted by molar-refractivity contribution is 0.0947. The van der Waals surface area contributed by atoms with Crippen molar-refractivity contribution in [1.29, 1.82) is 0 Å². The first kappa shape index (κ1) is 19.6. The molecule has 0 fully saturated rings. The summed E-state index contributed by atoms with van der Waals surface area (Å²) in [6.07, 6.45) is 0. The lowest BCUT2D eigenvalue weighted by atomic mass is 10.2. The molecule has 0 atom stereocenters. The molecule has 0 aliphatic rings. The average molecular weight is 399 g/mol. The van der Waals surface area contributed by atoms with E-state index in [1.807, 2.05) is 13.0 Å². The molecule has 1 heterocycles. The number of hydrogen-bond donors (Lipinski definition) is 1. The molecule has 0 unspecified atom stereocenters. The lowest BCUT2D eigenvalue weighted by Crippen LogP contribution is -2.27. The Morgan fingerprint density at radius 3 is 2.46 bits per heavy atom. The van der Waals surface area contributed by atoms with Crippen molar-refractivity contribution in [2.75, 3.05) is 11.4 Å². The number of aryl methyl sites for hydroxylation is 2. The molecule has 8 heteroatoms. The number of anilines is 1. The zero-order valence-corrected chi connectivity index (χ0v) is 16.7. The quantitative estimate of drug-likeness (QED) is 0.688. The SMILES string of the molecule is Cc1nc(CNC(=O)c2cccc(S(=O)(=O)N(C)c3ccccc3)c2)oc1C. The minimum absolute atomic E-state index is 0.0364. The summed E-state index contributed by atoms with van der Waals surface area (Å²) in [6.45, 7) is 3.74. The highest BCUT2D eigenvalue weighted by atomic mass is 32.2. The maximum absolute atomic E-state index is 12.9. The first-order chi connectivity index (χ1) is 13.3. The Kier molecular flexibility index (Phi) is 5.51. The van der Waals surface area contributed by atoms with Gasteiger partial charge in [-0.1, -0.05) is 24.3 Å². The van der Waals surface area contributed by atoms with Crippen LogP contribution in [0.1, 0.15) is 27.7 Å². The molecular weight excluding hydrogens is 378 g/mol. The van der Waals surface area contributed by atoms with E-state index in [9.17, 15) is 13.2 Å². The summed E-state index contributed by atoms with van der Waals surface area (Å²) in [6, 6.07) is 14.7. The van der Waals surface area contributed by atoms with Crippen LogP contribution in [0.15, 0.2) is 63.9 Å². The van der Waals surface area contributed by atoms with E-state index in [1.165, 1.54) is 23.5 Å². The fourth-order valence-corrected chi connectivity index (χ4v) is 3.85. The first-order valence-electron chi connectivity index (χ1n) is 8.64. The molecule has 1 aromatic heterocycles. The van der Waals surface area contributed by atoms with Crippen molar-refractivity contribution in [2.24, 2.45) is 0 Å². The molecule has 0 aliphatic carbocycles. The fourth-order valence-electron chi connectivity index (χ4n) is 2.61. The van der Waals surface area contributed by atoms with Crippen LogP contribution in [0.4, 0.5) is 5.69 Å². The lowest BCUT2D eigenvalue weighted by Gasteiger charge is -2.19. The summed E-state index contributed by atoms with van der Waals surface area (Å²) in [4.78, 5) is 16.7. The highest BCUT2D eigenvalue weighted by Crippen LogP contribution is 2.22. The van der Waals surface area contributed by atoms with Gasteiger partial charge in [0.05, 0.1) is 22.8 Å². The molecule has 2 aromatic carbocycles. The first-order valence-corrected chi connectivity index (χ1v) is 10.1. The van der Waals surface area contributed by atoms with Gasteiger partial charge in [-0.15, -0.1) is 0 Å². The Hall–Kier alpha value is -3.13. The third kappa shape index (κ3) is 4.07. The number of amides is 1. The molecule has 28 heavy (non-hydrogen) atoms. The molecule has 7 nitrogen and oxygen atoms in total. The van der Waals surface area contributed by atoms with Gasteiger partial charge in [0.2, 0.25) is 5.89 Å². The van der Waals surface area contributed by atoms with Crippen LogP contribution in [-0.2, 0) is 16.6 Å². The number of hydrogen-bond acceptors (Lipinski definition) is 5. The monoisotopic (exact) mass is 399 g/mol. The van der Waals surface area contributed by atoms with Gasteiger partial charge >= 0.3 is 0 Å². The van der Waals surface area contributed by atoms with Crippen molar-refractivity contribution < 1.29 is 17.6 Å². The molecule has 0 aliphatic heterocycles. The predicted octanol–water partition coefficient (Wildman–Crippen LogP) is 3.05. The third-order valence-corrected chi connectivity index (χ3v) is 6.13. The molecule has 0 bridgehead atoms. The van der Waals surface area contributed by atoms with Gasteiger partial charge in [-0.05, 0) is 44.2 Å². The summed E-state index contributed by atoms with van der Waals surface area (Å²) >= 11 is 0. The Labute approximate surface area is 164 Å². The maximum Gasteiger partial charge on any atom is 0.264 e. The van der Waals surface area contributed by atoms with Crippen LogP contribution in [0.3, 0.4) is 0 Å². The van der Waals surface area contributed by atoms with Gasteiger partial charge in [-0.25, -0.2) is 13.4 Å². The van der Waals surface area contributed by atoms with Gasteiger partial charge in [0.1, 0.15) is 5.76 Å². The number of nitrogens with zero attached hydrogens (tertiary/aromatic N) is 2. The van der Waals surface area contributed by atoms with Gasteiger partial charge in [0, 0.05) is 12.6 Å². The zero-order chi connectivity index (χ0) is 20.3. The minimum Gasteiger partial charge on any atom is -0.444 e. The van der Waals surface area contributed by atoms with Crippen LogP contribution in [0, 0.1) is 13.8 Å². The summed E-state index contributed by atoms with van der Waals surface area (Å²) in [7, 11) is -2.32. The normalized spacial score (nSPS) is 11.2. The highest BCUT2D eigenvalue weighted by molar-refractivity contribution is 7.92. The summed E-state index contributed by atoms with van der Waals surface area (Å²) in [5.41, 5.74) is 1.54. The smallest absolute Gasteiger partial charge is 0.264 e. The van der Waals surface area contributed by atoms with Gasteiger partial charge in [0.15, 0.2) is 0 Å². The van der Waals surface area contributed by atoms with Crippen molar-refractivity contribution in [2.45, 2.75) is 25.3 Å². The van der Waals surface area contributed by atoms with E-state index < -0.39 is 15.9 Å². The van der Waals surface area contributed by atoms with E-state index in [0.29, 0.717) is 17.3 Å². The number of aromatic nitrogens is 1. The van der Waals surface area contributed by atoms with Crippen molar-refractivity contribution in [3.8, 4) is 0 Å². The minimum atomic E-state index is -3.79. The Bertz CT molecular complexity index is 1070. The number of oxazole rings is 1. The molecule has 0 saturated heterocycles. The van der Waals surface area contributed by atoms with E-state index in [0.717, 1.165) is 5.69 Å². The van der Waals surface area contributed by atoms with Gasteiger partial charge < -0.3 is 9.73 Å². The van der Waals surface area contributed by atoms with E-state index in [-0.39, 0.29) is 17.0 Å². The largest absolute Gasteiger partial charge is 0.444 e. The van der Waals surface area contributed by atoms with E-state index >= 15 is 0 Å². The second-order valence-electron chi connectivity index (χ2n) is 6.27. The number of rotatable bonds is 6. The van der Waals surface area contributed by atoms with Crippen LogP contribution in [0.5, 0.6) is 0 Å². The molecule has 1 amide bonds. The van der Waals surface area contributed by atoms with Gasteiger partial charge in [-0.2, -0.15) is 0 Å². The van der Waals surface area contributed by atoms with Crippen LogP contribution in [0.25, 0.3) is 0 Å². The van der Waals surface area contributed by atoms with E-state index in [1.54, 1.807) is 43.3 Å². The molecule has 3 rings (SSSR count). The number of para-hydroxylation sites is 1. The van der Waals surface area contributed by atoms with Crippen molar-refractivity contribution in [1.82, 2.24) is 10.3 Å². The topological polar surface area (TPSA) is 92.5 Å². The second kappa shape index (κ2) is 7.85. The van der Waals surface area contributed by atoms with Gasteiger partial charge in [-0.3, -0.25) is 9.10 Å². The van der Waals surface area contributed by atoms with Crippen molar-refractivity contribution in [3.63, 3.8) is 0 Å².